The Labute approximate surface area is 111 Å². The number of aliphatic imine (C=N–C) groups is 1. The predicted octanol–water partition coefficient (Wildman–Crippen LogP) is 3.83. The minimum absolute atomic E-state index is 0.0879. The van der Waals surface area contributed by atoms with Crippen LogP contribution in [0.15, 0.2) is 46.1 Å². The highest BCUT2D eigenvalue weighted by atomic mass is 32.1. The Morgan fingerprint density at radius 3 is 2.58 bits per heavy atom. The number of alkyl halides is 3. The van der Waals surface area contributed by atoms with Crippen molar-refractivity contribution in [2.75, 3.05) is 5.32 Å². The monoisotopic (exact) mass is 285 g/mol. The van der Waals surface area contributed by atoms with Crippen LogP contribution in [0.4, 0.5) is 24.5 Å². The molecule has 7 heteroatoms. The van der Waals surface area contributed by atoms with Crippen LogP contribution in [0.5, 0.6) is 0 Å². The zero-order chi connectivity index (χ0) is 13.9. The van der Waals surface area contributed by atoms with E-state index in [0.717, 1.165) is 6.07 Å². The van der Waals surface area contributed by atoms with Crippen molar-refractivity contribution in [1.82, 2.24) is 0 Å². The van der Waals surface area contributed by atoms with Gasteiger partial charge in [-0.25, -0.2) is 4.99 Å². The van der Waals surface area contributed by atoms with E-state index in [9.17, 15) is 13.2 Å². The lowest BCUT2D eigenvalue weighted by atomic mass is 10.2. The van der Waals surface area contributed by atoms with Gasteiger partial charge in [-0.3, -0.25) is 0 Å². The minimum atomic E-state index is -4.46. The zero-order valence-electron chi connectivity index (χ0n) is 9.61. The van der Waals surface area contributed by atoms with Gasteiger partial charge in [-0.15, -0.1) is 0 Å². The van der Waals surface area contributed by atoms with E-state index < -0.39 is 11.7 Å². The normalized spacial score (nSPS) is 12.5. The highest BCUT2D eigenvalue weighted by Crippen LogP contribution is 2.35. The fourth-order valence-corrected chi connectivity index (χ4v) is 2.04. The van der Waals surface area contributed by atoms with Gasteiger partial charge in [-0.2, -0.15) is 24.5 Å². The summed E-state index contributed by atoms with van der Waals surface area (Å²) < 4.78 is 38.2. The standard InChI is InChI=1S/C12H10F3N3S/c13-12(14,15)9-3-1-2-4-10(9)18-11(16)17-8-5-6-19-7-8/h1-7H,(H3,16,17,18). The molecule has 0 fully saturated rings. The van der Waals surface area contributed by atoms with Crippen molar-refractivity contribution in [3.63, 3.8) is 0 Å². The molecule has 1 aromatic carbocycles. The van der Waals surface area contributed by atoms with E-state index in [0.29, 0.717) is 5.69 Å². The number of halogens is 3. The summed E-state index contributed by atoms with van der Waals surface area (Å²) in [6.45, 7) is 0. The van der Waals surface area contributed by atoms with Gasteiger partial charge in [0.25, 0.3) is 0 Å². The highest BCUT2D eigenvalue weighted by Gasteiger charge is 2.33. The summed E-state index contributed by atoms with van der Waals surface area (Å²) in [7, 11) is 0. The van der Waals surface area contributed by atoms with E-state index in [1.165, 1.54) is 29.5 Å². The molecular weight excluding hydrogens is 275 g/mol. The number of anilines is 1. The van der Waals surface area contributed by atoms with Gasteiger partial charge in [0, 0.05) is 5.38 Å². The first-order chi connectivity index (χ1) is 8.97. The smallest absolute Gasteiger partial charge is 0.369 e. The first-order valence-corrected chi connectivity index (χ1v) is 6.21. The van der Waals surface area contributed by atoms with Crippen LogP contribution in [-0.4, -0.2) is 5.96 Å². The van der Waals surface area contributed by atoms with E-state index in [1.54, 1.807) is 11.4 Å². The van der Waals surface area contributed by atoms with Crippen LogP contribution in [0.1, 0.15) is 5.56 Å². The zero-order valence-corrected chi connectivity index (χ0v) is 10.4. The van der Waals surface area contributed by atoms with Crippen molar-refractivity contribution >= 4 is 28.7 Å². The van der Waals surface area contributed by atoms with Crippen molar-refractivity contribution in [2.45, 2.75) is 6.18 Å². The maximum atomic E-state index is 12.7. The second-order valence-corrected chi connectivity index (χ2v) is 4.43. The maximum Gasteiger partial charge on any atom is 0.418 e. The van der Waals surface area contributed by atoms with E-state index in [1.807, 2.05) is 5.38 Å². The molecular formula is C12H10F3N3S. The molecule has 100 valence electrons. The molecule has 0 aliphatic rings. The summed E-state index contributed by atoms with van der Waals surface area (Å²) in [5.41, 5.74) is 5.25. The summed E-state index contributed by atoms with van der Waals surface area (Å²) in [5.74, 6) is -0.0879. The molecule has 0 amide bonds. The molecule has 0 spiro atoms. The molecule has 2 rings (SSSR count). The molecule has 0 unspecified atom stereocenters. The van der Waals surface area contributed by atoms with E-state index in [2.05, 4.69) is 10.3 Å². The third-order valence-electron chi connectivity index (χ3n) is 2.24. The Morgan fingerprint density at radius 2 is 1.95 bits per heavy atom. The average molecular weight is 285 g/mol. The number of rotatable bonds is 2. The van der Waals surface area contributed by atoms with Gasteiger partial charge in [0.15, 0.2) is 5.96 Å². The van der Waals surface area contributed by atoms with Gasteiger partial charge in [0.05, 0.1) is 16.9 Å². The fourth-order valence-electron chi connectivity index (χ4n) is 1.45. The molecule has 0 aliphatic carbocycles. The third kappa shape index (κ3) is 3.47. The van der Waals surface area contributed by atoms with Gasteiger partial charge in [0.2, 0.25) is 0 Å². The molecule has 0 aliphatic heterocycles. The summed E-state index contributed by atoms with van der Waals surface area (Å²) in [6.07, 6.45) is -4.46. The molecule has 2 aromatic rings. The molecule has 0 saturated heterocycles. The molecule has 19 heavy (non-hydrogen) atoms. The number of nitrogens with two attached hydrogens (primary N) is 1. The quantitative estimate of drug-likeness (QED) is 0.651. The minimum Gasteiger partial charge on any atom is -0.369 e. The average Bonchev–Trinajstić information content (AvgIpc) is 2.81. The van der Waals surface area contributed by atoms with Crippen molar-refractivity contribution in [2.24, 2.45) is 10.7 Å². The Morgan fingerprint density at radius 1 is 1.21 bits per heavy atom. The molecule has 1 heterocycles. The van der Waals surface area contributed by atoms with Gasteiger partial charge in [0.1, 0.15) is 0 Å². The molecule has 0 saturated carbocycles. The van der Waals surface area contributed by atoms with E-state index in [-0.39, 0.29) is 11.6 Å². The summed E-state index contributed by atoms with van der Waals surface area (Å²) in [4.78, 5) is 3.77. The van der Waals surface area contributed by atoms with Crippen molar-refractivity contribution in [3.8, 4) is 0 Å². The summed E-state index contributed by atoms with van der Waals surface area (Å²) in [5, 5.41) is 6.31. The topological polar surface area (TPSA) is 50.4 Å². The molecule has 1 aromatic heterocycles. The number of guanidine groups is 1. The molecule has 0 radical (unpaired) electrons. The van der Waals surface area contributed by atoms with Gasteiger partial charge in [-0.05, 0) is 23.6 Å². The van der Waals surface area contributed by atoms with Crippen molar-refractivity contribution in [1.29, 1.82) is 0 Å². The number of thiophene rings is 1. The number of nitrogens with one attached hydrogen (secondary N) is 1. The summed E-state index contributed by atoms with van der Waals surface area (Å²) >= 11 is 1.44. The first kappa shape index (κ1) is 13.4. The van der Waals surface area contributed by atoms with E-state index in [4.69, 9.17) is 5.73 Å². The molecule has 3 N–H and O–H groups in total. The van der Waals surface area contributed by atoms with Crippen LogP contribution in [0.25, 0.3) is 0 Å². The third-order valence-corrected chi connectivity index (χ3v) is 2.93. The molecule has 0 bridgehead atoms. The highest BCUT2D eigenvalue weighted by molar-refractivity contribution is 7.08. The van der Waals surface area contributed by atoms with Crippen LogP contribution in [0, 0.1) is 0 Å². The van der Waals surface area contributed by atoms with Crippen molar-refractivity contribution < 1.29 is 13.2 Å². The Hall–Kier alpha value is -2.02. The summed E-state index contributed by atoms with van der Waals surface area (Å²) in [6, 6.07) is 6.78. The molecule has 3 nitrogen and oxygen atoms in total. The Kier molecular flexibility index (Phi) is 3.75. The van der Waals surface area contributed by atoms with Crippen LogP contribution in [0.2, 0.25) is 0 Å². The lowest BCUT2D eigenvalue weighted by Gasteiger charge is -2.10. The first-order valence-electron chi connectivity index (χ1n) is 5.26. The molecule has 0 atom stereocenters. The predicted molar refractivity (Wildman–Crippen MR) is 70.7 cm³/mol. The fraction of sp³-hybridized carbons (Fsp3) is 0.0833. The van der Waals surface area contributed by atoms with Crippen LogP contribution >= 0.6 is 11.3 Å². The number of hydrogen-bond acceptors (Lipinski definition) is 2. The lowest BCUT2D eigenvalue weighted by Crippen LogP contribution is -2.21. The Balaban J connectivity index is 2.27. The van der Waals surface area contributed by atoms with Gasteiger partial charge >= 0.3 is 6.18 Å². The van der Waals surface area contributed by atoms with E-state index >= 15 is 0 Å². The van der Waals surface area contributed by atoms with Crippen LogP contribution in [-0.2, 0) is 6.18 Å². The number of hydrogen-bond donors (Lipinski definition) is 2. The lowest BCUT2D eigenvalue weighted by molar-refractivity contribution is -0.137. The number of benzene rings is 1. The second-order valence-electron chi connectivity index (χ2n) is 3.65. The van der Waals surface area contributed by atoms with Crippen molar-refractivity contribution in [3.05, 3.63) is 46.7 Å². The van der Waals surface area contributed by atoms with Gasteiger partial charge in [-0.1, -0.05) is 12.1 Å². The number of para-hydroxylation sites is 1. The largest absolute Gasteiger partial charge is 0.418 e. The SMILES string of the molecule is NC(=Nc1ccccc1C(F)(F)F)Nc1ccsc1. The van der Waals surface area contributed by atoms with Crippen LogP contribution in [0.3, 0.4) is 0 Å². The Bertz CT molecular complexity index is 576. The van der Waals surface area contributed by atoms with Gasteiger partial charge < -0.3 is 11.1 Å². The van der Waals surface area contributed by atoms with Crippen LogP contribution < -0.4 is 11.1 Å². The second kappa shape index (κ2) is 5.31. The maximum absolute atomic E-state index is 12.7. The number of nitrogens with zero attached hydrogens (tertiary/aromatic N) is 1.